The standard InChI is InChI=1S/C9H13IN3O5P/c10-7-2-13(9(14)12-8(7)11)5-1-6(17-3-5)4-18-19(15)16/h2,5-6,19H,1,3-4H2,(H,15,16)(H2,11,12,14)/t5?,6-/m0/s1. The lowest BCUT2D eigenvalue weighted by Gasteiger charge is -2.12. The number of hydrogen-bond donors (Lipinski definition) is 2. The molecular formula is C9H13IN3O5P. The summed E-state index contributed by atoms with van der Waals surface area (Å²) in [5, 5.41) is 0. The van der Waals surface area contributed by atoms with E-state index >= 15 is 0 Å². The first-order chi connectivity index (χ1) is 8.97. The van der Waals surface area contributed by atoms with E-state index in [-0.39, 0.29) is 24.6 Å². The van der Waals surface area contributed by atoms with Crippen LogP contribution in [0.25, 0.3) is 0 Å². The van der Waals surface area contributed by atoms with Gasteiger partial charge >= 0.3 is 13.9 Å². The molecular weight excluding hydrogens is 388 g/mol. The van der Waals surface area contributed by atoms with Gasteiger partial charge in [0.2, 0.25) is 0 Å². The molecule has 19 heavy (non-hydrogen) atoms. The molecule has 0 aromatic carbocycles. The van der Waals surface area contributed by atoms with Crippen LogP contribution < -0.4 is 11.4 Å². The Bertz CT molecular complexity index is 551. The van der Waals surface area contributed by atoms with Crippen LogP contribution in [0.1, 0.15) is 12.5 Å². The zero-order valence-corrected chi connectivity index (χ0v) is 12.9. The average Bonchev–Trinajstić information content (AvgIpc) is 2.80. The van der Waals surface area contributed by atoms with Gasteiger partial charge in [0.15, 0.2) is 0 Å². The van der Waals surface area contributed by atoms with Crippen molar-refractivity contribution in [1.82, 2.24) is 9.55 Å². The molecule has 2 rings (SSSR count). The fourth-order valence-corrected chi connectivity index (χ4v) is 2.63. The largest absolute Gasteiger partial charge is 0.383 e. The molecule has 0 aliphatic carbocycles. The molecule has 1 fully saturated rings. The van der Waals surface area contributed by atoms with Crippen LogP contribution in [0.3, 0.4) is 0 Å². The summed E-state index contributed by atoms with van der Waals surface area (Å²) in [6.07, 6.45) is 1.86. The fraction of sp³-hybridized carbons (Fsp3) is 0.556. The molecule has 1 aromatic heterocycles. The van der Waals surface area contributed by atoms with Gasteiger partial charge in [0, 0.05) is 6.20 Å². The van der Waals surface area contributed by atoms with E-state index < -0.39 is 13.9 Å². The molecule has 106 valence electrons. The Morgan fingerprint density at radius 3 is 3.16 bits per heavy atom. The molecule has 0 saturated carbocycles. The van der Waals surface area contributed by atoms with Crippen molar-refractivity contribution >= 4 is 36.7 Å². The third kappa shape index (κ3) is 3.76. The first-order valence-electron chi connectivity index (χ1n) is 5.49. The molecule has 1 aromatic rings. The van der Waals surface area contributed by atoms with Gasteiger partial charge in [0.1, 0.15) is 5.82 Å². The summed E-state index contributed by atoms with van der Waals surface area (Å²) in [6.45, 7) is 0.376. The Kier molecular flexibility index (Phi) is 4.96. The van der Waals surface area contributed by atoms with Crippen LogP contribution in [-0.4, -0.2) is 33.8 Å². The predicted octanol–water partition coefficient (Wildman–Crippen LogP) is 0.159. The number of nitrogens with two attached hydrogens (primary N) is 1. The minimum atomic E-state index is -2.95. The summed E-state index contributed by atoms with van der Waals surface area (Å²) in [7, 11) is -2.95. The summed E-state index contributed by atoms with van der Waals surface area (Å²) in [5.74, 6) is 0.208. The van der Waals surface area contributed by atoms with Gasteiger partial charge in [-0.15, -0.1) is 0 Å². The Hall–Kier alpha value is -0.480. The van der Waals surface area contributed by atoms with Gasteiger partial charge in [-0.3, -0.25) is 9.13 Å². The zero-order valence-electron chi connectivity index (χ0n) is 9.78. The number of ether oxygens (including phenoxy) is 1. The Balaban J connectivity index is 2.07. The van der Waals surface area contributed by atoms with E-state index in [1.54, 1.807) is 6.20 Å². The van der Waals surface area contributed by atoms with Gasteiger partial charge in [-0.25, -0.2) is 4.79 Å². The molecule has 1 aliphatic heterocycles. The Morgan fingerprint density at radius 1 is 1.74 bits per heavy atom. The molecule has 2 unspecified atom stereocenters. The second-order valence-corrected chi connectivity index (χ2v) is 6.07. The second-order valence-electron chi connectivity index (χ2n) is 4.09. The molecule has 2 heterocycles. The van der Waals surface area contributed by atoms with Gasteiger partial charge in [0.05, 0.1) is 28.9 Å². The molecule has 3 N–H and O–H groups in total. The number of nitrogen functional groups attached to an aromatic ring is 1. The summed E-state index contributed by atoms with van der Waals surface area (Å²) in [4.78, 5) is 24.1. The molecule has 0 spiro atoms. The van der Waals surface area contributed by atoms with E-state index in [2.05, 4.69) is 9.51 Å². The van der Waals surface area contributed by atoms with Gasteiger partial charge in [-0.2, -0.15) is 4.98 Å². The number of hydrogen-bond acceptors (Lipinski definition) is 6. The number of nitrogens with zero attached hydrogens (tertiary/aromatic N) is 2. The monoisotopic (exact) mass is 401 g/mol. The molecule has 0 radical (unpaired) electrons. The Morgan fingerprint density at radius 2 is 2.47 bits per heavy atom. The van der Waals surface area contributed by atoms with Crippen molar-refractivity contribution in [2.45, 2.75) is 18.6 Å². The van der Waals surface area contributed by atoms with Crippen LogP contribution in [0.2, 0.25) is 0 Å². The van der Waals surface area contributed by atoms with E-state index in [1.165, 1.54) is 4.57 Å². The highest BCUT2D eigenvalue weighted by Gasteiger charge is 2.28. The van der Waals surface area contributed by atoms with Crippen LogP contribution in [-0.2, 0) is 13.8 Å². The van der Waals surface area contributed by atoms with Gasteiger partial charge in [0.25, 0.3) is 0 Å². The normalized spacial score (nSPS) is 24.5. The number of halogens is 1. The zero-order chi connectivity index (χ0) is 14.0. The summed E-state index contributed by atoms with van der Waals surface area (Å²) < 4.78 is 22.7. The van der Waals surface area contributed by atoms with E-state index in [1.807, 2.05) is 22.6 Å². The highest BCUT2D eigenvalue weighted by Crippen LogP contribution is 2.26. The first-order valence-corrected chi connectivity index (χ1v) is 7.83. The maximum atomic E-state index is 11.7. The molecule has 3 atom stereocenters. The lowest BCUT2D eigenvalue weighted by molar-refractivity contribution is 0.0646. The van der Waals surface area contributed by atoms with Crippen molar-refractivity contribution in [2.75, 3.05) is 18.9 Å². The lowest BCUT2D eigenvalue weighted by Crippen LogP contribution is -2.28. The van der Waals surface area contributed by atoms with E-state index in [4.69, 9.17) is 15.4 Å². The van der Waals surface area contributed by atoms with E-state index in [9.17, 15) is 9.36 Å². The van der Waals surface area contributed by atoms with Gasteiger partial charge < -0.3 is 19.9 Å². The van der Waals surface area contributed by atoms with Crippen LogP contribution in [0, 0.1) is 3.57 Å². The van der Waals surface area contributed by atoms with Crippen molar-refractivity contribution in [1.29, 1.82) is 0 Å². The number of aromatic nitrogens is 2. The quantitative estimate of drug-likeness (QED) is 0.545. The minimum absolute atomic E-state index is 0.0407. The molecule has 0 bridgehead atoms. The molecule has 10 heteroatoms. The fourth-order valence-electron chi connectivity index (χ4n) is 1.88. The van der Waals surface area contributed by atoms with Crippen molar-refractivity contribution in [2.24, 2.45) is 0 Å². The van der Waals surface area contributed by atoms with Crippen LogP contribution in [0.4, 0.5) is 5.82 Å². The third-order valence-corrected chi connectivity index (χ3v) is 4.02. The number of rotatable bonds is 4. The van der Waals surface area contributed by atoms with Crippen molar-refractivity contribution in [3.05, 3.63) is 20.3 Å². The average molecular weight is 401 g/mol. The highest BCUT2D eigenvalue weighted by molar-refractivity contribution is 14.1. The molecule has 8 nitrogen and oxygen atoms in total. The maximum Gasteiger partial charge on any atom is 0.349 e. The van der Waals surface area contributed by atoms with E-state index in [0.29, 0.717) is 16.6 Å². The van der Waals surface area contributed by atoms with Crippen LogP contribution >= 0.6 is 30.8 Å². The van der Waals surface area contributed by atoms with Crippen LogP contribution in [0.5, 0.6) is 0 Å². The summed E-state index contributed by atoms with van der Waals surface area (Å²) in [6, 6.07) is -0.163. The highest BCUT2D eigenvalue weighted by atomic mass is 127. The topological polar surface area (TPSA) is 117 Å². The number of anilines is 1. The third-order valence-electron chi connectivity index (χ3n) is 2.78. The second kappa shape index (κ2) is 6.31. The Labute approximate surface area is 123 Å². The van der Waals surface area contributed by atoms with Crippen LogP contribution in [0.15, 0.2) is 11.0 Å². The molecule has 1 aliphatic rings. The van der Waals surface area contributed by atoms with Crippen molar-refractivity contribution < 1.29 is 18.7 Å². The molecule has 1 saturated heterocycles. The van der Waals surface area contributed by atoms with E-state index in [0.717, 1.165) is 0 Å². The summed E-state index contributed by atoms with van der Waals surface area (Å²) >= 11 is 2.00. The van der Waals surface area contributed by atoms with Gasteiger partial charge in [-0.05, 0) is 29.0 Å². The SMILES string of the molecule is Nc1nc(=O)n(C2CO[C@H](CO[PH](=O)O)C2)cc1I. The van der Waals surface area contributed by atoms with Gasteiger partial charge in [-0.1, -0.05) is 0 Å². The first kappa shape index (κ1) is 14.9. The lowest BCUT2D eigenvalue weighted by atomic mass is 10.2. The minimum Gasteiger partial charge on any atom is -0.383 e. The van der Waals surface area contributed by atoms with Crippen molar-refractivity contribution in [3.8, 4) is 0 Å². The molecule has 0 amide bonds. The smallest absolute Gasteiger partial charge is 0.349 e. The van der Waals surface area contributed by atoms with Crippen molar-refractivity contribution in [3.63, 3.8) is 0 Å². The summed E-state index contributed by atoms with van der Waals surface area (Å²) in [5.41, 5.74) is 5.13. The maximum absolute atomic E-state index is 11.7. The predicted molar refractivity (Wildman–Crippen MR) is 76.2 cm³/mol.